The predicted molar refractivity (Wildman–Crippen MR) is 67.3 cm³/mol. The van der Waals surface area contributed by atoms with Crippen LogP contribution in [0.1, 0.15) is 31.1 Å². The molecule has 0 saturated heterocycles. The van der Waals surface area contributed by atoms with E-state index in [1.54, 1.807) is 0 Å². The van der Waals surface area contributed by atoms with Crippen molar-refractivity contribution in [1.82, 2.24) is 0 Å². The van der Waals surface area contributed by atoms with E-state index in [-0.39, 0.29) is 0 Å². The van der Waals surface area contributed by atoms with Gasteiger partial charge in [0.05, 0.1) is 0 Å². The minimum atomic E-state index is 0.402. The summed E-state index contributed by atoms with van der Waals surface area (Å²) in [6.45, 7) is 2.36. The van der Waals surface area contributed by atoms with Crippen LogP contribution in [0, 0.1) is 5.41 Å². The monoisotopic (exact) mass is 292 g/mol. The molecule has 2 atom stereocenters. The molecule has 1 aromatic rings. The van der Waals surface area contributed by atoms with E-state index in [1.165, 1.54) is 35.0 Å². The Balaban J connectivity index is 2.07. The van der Waals surface area contributed by atoms with Gasteiger partial charge >= 0.3 is 0 Å². The highest BCUT2D eigenvalue weighted by molar-refractivity contribution is 9.10. The van der Waals surface area contributed by atoms with Crippen molar-refractivity contribution in [3.63, 3.8) is 0 Å². The summed E-state index contributed by atoms with van der Waals surface area (Å²) in [5.74, 6) is 0. The van der Waals surface area contributed by atoms with Crippen LogP contribution in [-0.4, -0.2) is 5.38 Å². The summed E-state index contributed by atoms with van der Waals surface area (Å²) in [6, 6.07) is 2.14. The topological polar surface area (TPSA) is 0 Å². The first kappa shape index (κ1) is 11.0. The summed E-state index contributed by atoms with van der Waals surface area (Å²) in [5.41, 5.74) is 0.430. The van der Waals surface area contributed by atoms with Crippen LogP contribution in [-0.2, 0) is 6.42 Å². The molecule has 14 heavy (non-hydrogen) atoms. The van der Waals surface area contributed by atoms with Gasteiger partial charge in [-0.2, -0.15) is 0 Å². The Morgan fingerprint density at radius 1 is 1.71 bits per heavy atom. The minimum Gasteiger partial charge on any atom is -0.148 e. The minimum absolute atomic E-state index is 0.402. The van der Waals surface area contributed by atoms with Crippen molar-refractivity contribution in [3.05, 3.63) is 20.8 Å². The molecule has 78 valence electrons. The molecule has 1 aliphatic rings. The summed E-state index contributed by atoms with van der Waals surface area (Å²) in [7, 11) is 0. The van der Waals surface area contributed by atoms with Gasteiger partial charge in [-0.1, -0.05) is 6.92 Å². The second-order valence-electron chi connectivity index (χ2n) is 4.52. The molecule has 3 heteroatoms. The molecule has 0 radical (unpaired) electrons. The van der Waals surface area contributed by atoms with Crippen molar-refractivity contribution >= 4 is 38.9 Å². The van der Waals surface area contributed by atoms with Gasteiger partial charge in [-0.25, -0.2) is 0 Å². The van der Waals surface area contributed by atoms with Gasteiger partial charge in [0.15, 0.2) is 0 Å². The average molecular weight is 294 g/mol. The molecule has 0 aliphatic heterocycles. The fourth-order valence-corrected chi connectivity index (χ4v) is 4.43. The Labute approximate surface area is 103 Å². The van der Waals surface area contributed by atoms with Crippen LogP contribution < -0.4 is 0 Å². The van der Waals surface area contributed by atoms with E-state index >= 15 is 0 Å². The third-order valence-corrected chi connectivity index (χ3v) is 5.35. The number of alkyl halides is 1. The molecule has 0 amide bonds. The standard InChI is InChI=1S/C11H14BrClS/c1-11(4-2-8(13)6-11)7-10-9(12)3-5-14-10/h3,5,8H,2,4,6-7H2,1H3. The van der Waals surface area contributed by atoms with Crippen LogP contribution >= 0.6 is 38.9 Å². The van der Waals surface area contributed by atoms with Gasteiger partial charge in [-0.15, -0.1) is 22.9 Å². The van der Waals surface area contributed by atoms with Crippen molar-refractivity contribution in [2.45, 2.75) is 38.0 Å². The third kappa shape index (κ3) is 2.34. The first-order valence-electron chi connectivity index (χ1n) is 4.95. The first-order valence-corrected chi connectivity index (χ1v) is 7.06. The SMILES string of the molecule is CC1(Cc2sccc2Br)CCC(Cl)C1. The number of hydrogen-bond acceptors (Lipinski definition) is 1. The second kappa shape index (κ2) is 4.15. The first-order chi connectivity index (χ1) is 6.59. The van der Waals surface area contributed by atoms with Crippen molar-refractivity contribution < 1.29 is 0 Å². The fraction of sp³-hybridized carbons (Fsp3) is 0.636. The quantitative estimate of drug-likeness (QED) is 0.684. The van der Waals surface area contributed by atoms with E-state index in [4.69, 9.17) is 11.6 Å². The Morgan fingerprint density at radius 2 is 2.50 bits per heavy atom. The second-order valence-corrected chi connectivity index (χ2v) is 6.99. The lowest BCUT2D eigenvalue weighted by molar-refractivity contribution is 0.337. The summed E-state index contributed by atoms with van der Waals surface area (Å²) in [4.78, 5) is 1.47. The number of hydrogen-bond donors (Lipinski definition) is 0. The van der Waals surface area contributed by atoms with Gasteiger partial charge in [-0.3, -0.25) is 0 Å². The summed E-state index contributed by atoms with van der Waals surface area (Å²) >= 11 is 11.6. The summed E-state index contributed by atoms with van der Waals surface area (Å²) in [6.07, 6.45) is 4.79. The third-order valence-electron chi connectivity index (χ3n) is 3.05. The molecular formula is C11H14BrClS. The molecule has 1 heterocycles. The fourth-order valence-electron chi connectivity index (χ4n) is 2.24. The van der Waals surface area contributed by atoms with Crippen molar-refractivity contribution in [3.8, 4) is 0 Å². The van der Waals surface area contributed by atoms with E-state index in [2.05, 4.69) is 34.3 Å². The maximum atomic E-state index is 6.17. The molecule has 0 bridgehead atoms. The van der Waals surface area contributed by atoms with Crippen LogP contribution in [0.25, 0.3) is 0 Å². The van der Waals surface area contributed by atoms with Gasteiger partial charge in [-0.05, 0) is 58.5 Å². The van der Waals surface area contributed by atoms with E-state index < -0.39 is 0 Å². The Kier molecular flexibility index (Phi) is 3.25. The van der Waals surface area contributed by atoms with Gasteiger partial charge in [0, 0.05) is 14.7 Å². The molecule has 1 aliphatic carbocycles. The van der Waals surface area contributed by atoms with Crippen LogP contribution in [0.4, 0.5) is 0 Å². The van der Waals surface area contributed by atoms with Crippen molar-refractivity contribution in [1.29, 1.82) is 0 Å². The van der Waals surface area contributed by atoms with Crippen LogP contribution in [0.5, 0.6) is 0 Å². The lowest BCUT2D eigenvalue weighted by Gasteiger charge is -2.22. The normalized spacial score (nSPS) is 32.4. The van der Waals surface area contributed by atoms with E-state index in [9.17, 15) is 0 Å². The van der Waals surface area contributed by atoms with Crippen LogP contribution in [0.2, 0.25) is 0 Å². The number of rotatable bonds is 2. The zero-order valence-corrected chi connectivity index (χ0v) is 11.4. The zero-order chi connectivity index (χ0) is 10.2. The number of thiophene rings is 1. The lowest BCUT2D eigenvalue weighted by atomic mass is 9.85. The van der Waals surface area contributed by atoms with Gasteiger partial charge < -0.3 is 0 Å². The molecule has 1 aromatic heterocycles. The van der Waals surface area contributed by atoms with Gasteiger partial charge in [0.2, 0.25) is 0 Å². The highest BCUT2D eigenvalue weighted by Crippen LogP contribution is 2.44. The molecule has 0 N–H and O–H groups in total. The molecule has 0 spiro atoms. The summed E-state index contributed by atoms with van der Waals surface area (Å²) < 4.78 is 1.27. The number of halogens is 2. The van der Waals surface area contributed by atoms with Crippen LogP contribution in [0.3, 0.4) is 0 Å². The maximum Gasteiger partial charge on any atom is 0.0341 e. The van der Waals surface area contributed by atoms with Gasteiger partial charge in [0.1, 0.15) is 0 Å². The highest BCUT2D eigenvalue weighted by atomic mass is 79.9. The van der Waals surface area contributed by atoms with E-state index in [1.807, 2.05) is 11.3 Å². The highest BCUT2D eigenvalue weighted by Gasteiger charge is 2.34. The average Bonchev–Trinajstić information content (AvgIpc) is 2.62. The van der Waals surface area contributed by atoms with Crippen molar-refractivity contribution in [2.24, 2.45) is 5.41 Å². The molecule has 2 unspecified atom stereocenters. The molecule has 2 rings (SSSR count). The Hall–Kier alpha value is 0.470. The van der Waals surface area contributed by atoms with Crippen LogP contribution in [0.15, 0.2) is 15.9 Å². The molecule has 0 aromatic carbocycles. The molecule has 1 saturated carbocycles. The molecule has 0 nitrogen and oxygen atoms in total. The maximum absolute atomic E-state index is 6.17. The van der Waals surface area contributed by atoms with Crippen molar-refractivity contribution in [2.75, 3.05) is 0 Å². The van der Waals surface area contributed by atoms with Gasteiger partial charge in [0.25, 0.3) is 0 Å². The molecular weight excluding hydrogens is 280 g/mol. The van der Waals surface area contributed by atoms with E-state index in [0.29, 0.717) is 10.8 Å². The zero-order valence-electron chi connectivity index (χ0n) is 8.22. The smallest absolute Gasteiger partial charge is 0.0341 e. The Bertz CT molecular complexity index is 323. The largest absolute Gasteiger partial charge is 0.148 e. The lowest BCUT2D eigenvalue weighted by Crippen LogP contribution is -2.15. The molecule has 1 fully saturated rings. The Morgan fingerprint density at radius 3 is 3.00 bits per heavy atom. The van der Waals surface area contributed by atoms with E-state index in [0.717, 1.165) is 0 Å². The summed E-state index contributed by atoms with van der Waals surface area (Å²) in [5, 5.41) is 2.55. The predicted octanol–water partition coefficient (Wildman–Crippen LogP) is 4.85.